The number of hydrogen-bond acceptors (Lipinski definition) is 6. The number of benzene rings is 2. The van der Waals surface area contributed by atoms with Gasteiger partial charge in [-0.1, -0.05) is 18.2 Å². The zero-order valence-corrected chi connectivity index (χ0v) is 17.4. The van der Waals surface area contributed by atoms with Crippen molar-refractivity contribution in [2.24, 2.45) is 0 Å². The van der Waals surface area contributed by atoms with Gasteiger partial charge in [-0.25, -0.2) is 4.98 Å². The predicted molar refractivity (Wildman–Crippen MR) is 116 cm³/mol. The van der Waals surface area contributed by atoms with Crippen LogP contribution in [-0.4, -0.2) is 18.0 Å². The van der Waals surface area contributed by atoms with Gasteiger partial charge in [-0.3, -0.25) is 4.79 Å². The Balaban J connectivity index is 1.38. The fourth-order valence-corrected chi connectivity index (χ4v) is 3.54. The van der Waals surface area contributed by atoms with Crippen LogP contribution >= 0.6 is 11.3 Å². The Morgan fingerprint density at radius 1 is 1.07 bits per heavy atom. The van der Waals surface area contributed by atoms with Gasteiger partial charge in [0, 0.05) is 5.69 Å². The molecule has 0 bridgehead atoms. The van der Waals surface area contributed by atoms with Gasteiger partial charge in [0.25, 0.3) is 0 Å². The van der Waals surface area contributed by atoms with E-state index >= 15 is 0 Å². The molecule has 0 fully saturated rings. The van der Waals surface area contributed by atoms with Crippen LogP contribution in [-0.2, 0) is 11.2 Å². The summed E-state index contributed by atoms with van der Waals surface area (Å²) in [4.78, 5) is 17.9. The number of hydrogen-bond donors (Lipinski definition) is 1. The largest absolute Gasteiger partial charge is 0.493 e. The number of thiophene rings is 1. The minimum atomic E-state index is -0.164. The number of oxazole rings is 1. The van der Waals surface area contributed by atoms with Crippen molar-refractivity contribution in [2.75, 3.05) is 12.4 Å². The van der Waals surface area contributed by atoms with Crippen molar-refractivity contribution in [2.45, 2.75) is 13.3 Å². The standard InChI is InChI=1S/C23H20N2O4S/c1-15-18(25-23(28-15)21-8-5-13-30-21)14-22(26)24-16-9-11-17(12-10-16)29-20-7-4-3-6-19(20)27-2/h3-13H,14H2,1-2H3,(H,24,26). The van der Waals surface area contributed by atoms with Gasteiger partial charge in [0.15, 0.2) is 11.5 Å². The Labute approximate surface area is 178 Å². The van der Waals surface area contributed by atoms with Crippen molar-refractivity contribution in [1.82, 2.24) is 4.98 Å². The average Bonchev–Trinajstić information content (AvgIpc) is 3.40. The Morgan fingerprint density at radius 2 is 1.83 bits per heavy atom. The summed E-state index contributed by atoms with van der Waals surface area (Å²) in [6, 6.07) is 18.5. The van der Waals surface area contributed by atoms with Gasteiger partial charge < -0.3 is 19.2 Å². The molecule has 4 aromatic rings. The van der Waals surface area contributed by atoms with Crippen molar-refractivity contribution < 1.29 is 18.7 Å². The summed E-state index contributed by atoms with van der Waals surface area (Å²) in [7, 11) is 1.60. The maximum Gasteiger partial charge on any atom is 0.236 e. The molecule has 0 radical (unpaired) electrons. The third-order valence-electron chi connectivity index (χ3n) is 4.39. The molecule has 152 valence electrons. The molecule has 1 N–H and O–H groups in total. The molecule has 0 unspecified atom stereocenters. The molecule has 7 heteroatoms. The first-order valence-corrected chi connectivity index (χ1v) is 10.2. The van der Waals surface area contributed by atoms with Gasteiger partial charge in [0.2, 0.25) is 11.8 Å². The topological polar surface area (TPSA) is 73.6 Å². The third-order valence-corrected chi connectivity index (χ3v) is 5.25. The van der Waals surface area contributed by atoms with E-state index < -0.39 is 0 Å². The number of nitrogens with zero attached hydrogens (tertiary/aromatic N) is 1. The van der Waals surface area contributed by atoms with Crippen LogP contribution in [0.2, 0.25) is 0 Å². The van der Waals surface area contributed by atoms with E-state index in [4.69, 9.17) is 13.9 Å². The lowest BCUT2D eigenvalue weighted by molar-refractivity contribution is -0.115. The van der Waals surface area contributed by atoms with Crippen LogP contribution in [0, 0.1) is 6.92 Å². The molecule has 0 aliphatic carbocycles. The molecule has 0 spiro atoms. The molecule has 2 aromatic heterocycles. The second-order valence-electron chi connectivity index (χ2n) is 6.50. The first kappa shape index (κ1) is 19.7. The Kier molecular flexibility index (Phi) is 5.81. The average molecular weight is 420 g/mol. The van der Waals surface area contributed by atoms with E-state index in [1.807, 2.05) is 48.7 Å². The van der Waals surface area contributed by atoms with Crippen LogP contribution in [0.3, 0.4) is 0 Å². The number of rotatable bonds is 7. The summed E-state index contributed by atoms with van der Waals surface area (Å²) < 4.78 is 16.8. The molecule has 1 amide bonds. The fraction of sp³-hybridized carbons (Fsp3) is 0.130. The highest BCUT2D eigenvalue weighted by Crippen LogP contribution is 2.31. The second-order valence-corrected chi connectivity index (χ2v) is 7.45. The molecular weight excluding hydrogens is 400 g/mol. The Morgan fingerprint density at radius 3 is 2.53 bits per heavy atom. The van der Waals surface area contributed by atoms with Crippen LogP contribution in [0.15, 0.2) is 70.5 Å². The fourth-order valence-electron chi connectivity index (χ4n) is 2.89. The maximum absolute atomic E-state index is 12.5. The predicted octanol–water partition coefficient (Wildman–Crippen LogP) is 5.69. The quantitative estimate of drug-likeness (QED) is 0.415. The van der Waals surface area contributed by atoms with Crippen molar-refractivity contribution >= 4 is 22.9 Å². The molecule has 4 rings (SSSR count). The minimum Gasteiger partial charge on any atom is -0.493 e. The lowest BCUT2D eigenvalue weighted by Crippen LogP contribution is -2.15. The van der Waals surface area contributed by atoms with Gasteiger partial charge >= 0.3 is 0 Å². The number of methoxy groups -OCH3 is 1. The van der Waals surface area contributed by atoms with Gasteiger partial charge in [0.05, 0.1) is 24.1 Å². The van der Waals surface area contributed by atoms with E-state index in [0.29, 0.717) is 40.3 Å². The SMILES string of the molecule is COc1ccccc1Oc1ccc(NC(=O)Cc2nc(-c3cccs3)oc2C)cc1. The maximum atomic E-state index is 12.5. The van der Waals surface area contributed by atoms with Crippen molar-refractivity contribution in [3.05, 3.63) is 77.5 Å². The van der Waals surface area contributed by atoms with E-state index in [9.17, 15) is 4.79 Å². The van der Waals surface area contributed by atoms with E-state index in [0.717, 1.165) is 4.88 Å². The smallest absolute Gasteiger partial charge is 0.236 e. The van der Waals surface area contributed by atoms with Crippen LogP contribution in [0.1, 0.15) is 11.5 Å². The van der Waals surface area contributed by atoms with E-state index in [-0.39, 0.29) is 12.3 Å². The zero-order valence-electron chi connectivity index (χ0n) is 16.5. The minimum absolute atomic E-state index is 0.139. The van der Waals surface area contributed by atoms with Crippen LogP contribution in [0.25, 0.3) is 10.8 Å². The van der Waals surface area contributed by atoms with Crippen molar-refractivity contribution in [1.29, 1.82) is 0 Å². The molecule has 0 saturated carbocycles. The highest BCUT2D eigenvalue weighted by Gasteiger charge is 2.15. The van der Waals surface area contributed by atoms with Crippen LogP contribution < -0.4 is 14.8 Å². The number of amides is 1. The molecule has 0 aliphatic rings. The Hall–Kier alpha value is -3.58. The van der Waals surface area contributed by atoms with E-state index in [1.54, 1.807) is 42.7 Å². The second kappa shape index (κ2) is 8.84. The number of nitrogens with one attached hydrogen (secondary N) is 1. The number of aryl methyl sites for hydroxylation is 1. The van der Waals surface area contributed by atoms with E-state index in [1.165, 1.54) is 0 Å². The lowest BCUT2D eigenvalue weighted by Gasteiger charge is -2.10. The van der Waals surface area contributed by atoms with Crippen LogP contribution in [0.5, 0.6) is 17.2 Å². The molecular formula is C23H20N2O4S. The van der Waals surface area contributed by atoms with E-state index in [2.05, 4.69) is 10.3 Å². The highest BCUT2D eigenvalue weighted by molar-refractivity contribution is 7.13. The van der Waals surface area contributed by atoms with Gasteiger partial charge in [-0.15, -0.1) is 11.3 Å². The molecule has 2 aromatic carbocycles. The molecule has 30 heavy (non-hydrogen) atoms. The number of carbonyl (C=O) groups excluding carboxylic acids is 1. The summed E-state index contributed by atoms with van der Waals surface area (Å²) in [6.07, 6.45) is 0.139. The number of carbonyl (C=O) groups is 1. The monoisotopic (exact) mass is 420 g/mol. The number of aromatic nitrogens is 1. The first-order chi connectivity index (χ1) is 14.6. The summed E-state index contributed by atoms with van der Waals surface area (Å²) >= 11 is 1.55. The zero-order chi connectivity index (χ0) is 20.9. The lowest BCUT2D eigenvalue weighted by atomic mass is 10.2. The first-order valence-electron chi connectivity index (χ1n) is 9.33. The molecule has 6 nitrogen and oxygen atoms in total. The normalized spacial score (nSPS) is 10.6. The summed E-state index contributed by atoms with van der Waals surface area (Å²) in [5.41, 5.74) is 1.30. The summed E-state index contributed by atoms with van der Waals surface area (Å²) in [5.74, 6) is 2.95. The number of para-hydroxylation sites is 2. The summed E-state index contributed by atoms with van der Waals surface area (Å²) in [5, 5.41) is 4.84. The van der Waals surface area contributed by atoms with Gasteiger partial charge in [-0.2, -0.15) is 0 Å². The molecule has 0 atom stereocenters. The molecule has 0 saturated heterocycles. The number of anilines is 1. The summed E-state index contributed by atoms with van der Waals surface area (Å²) in [6.45, 7) is 1.82. The highest BCUT2D eigenvalue weighted by atomic mass is 32.1. The van der Waals surface area contributed by atoms with Crippen LogP contribution in [0.4, 0.5) is 5.69 Å². The third kappa shape index (κ3) is 4.52. The number of ether oxygens (including phenoxy) is 2. The molecule has 2 heterocycles. The van der Waals surface area contributed by atoms with Gasteiger partial charge in [0.1, 0.15) is 11.5 Å². The molecule has 0 aliphatic heterocycles. The Bertz CT molecular complexity index is 1130. The van der Waals surface area contributed by atoms with Crippen molar-refractivity contribution in [3.63, 3.8) is 0 Å². The van der Waals surface area contributed by atoms with Gasteiger partial charge in [-0.05, 0) is 54.8 Å². The van der Waals surface area contributed by atoms with Crippen molar-refractivity contribution in [3.8, 4) is 28.0 Å².